The zero-order valence-electron chi connectivity index (χ0n) is 10.1. The van der Waals surface area contributed by atoms with Crippen molar-refractivity contribution < 1.29 is 0 Å². The van der Waals surface area contributed by atoms with Gasteiger partial charge in [-0.2, -0.15) is 0 Å². The smallest absolute Gasteiger partial charge is 0.147 e. The molecule has 0 aliphatic carbocycles. The van der Waals surface area contributed by atoms with E-state index in [9.17, 15) is 0 Å². The first-order chi connectivity index (χ1) is 8.81. The fraction of sp³-hybridized carbons (Fsp3) is 0.333. The van der Waals surface area contributed by atoms with Crippen LogP contribution in [0.25, 0.3) is 0 Å². The number of aryl methyl sites for hydroxylation is 1. The number of nitrogens with zero attached hydrogens (tertiary/aromatic N) is 5. The SMILES string of the molecule is Cc1cc(NC2CN(c3cnccn3)C2)ncn1. The van der Waals surface area contributed by atoms with Crippen LogP contribution in [0.5, 0.6) is 0 Å². The first-order valence-corrected chi connectivity index (χ1v) is 5.87. The molecule has 0 radical (unpaired) electrons. The highest BCUT2D eigenvalue weighted by atomic mass is 15.3. The molecular weight excluding hydrogens is 228 g/mol. The lowest BCUT2D eigenvalue weighted by atomic mass is 10.1. The Bertz CT molecular complexity index is 523. The average molecular weight is 242 g/mol. The Morgan fingerprint density at radius 3 is 2.83 bits per heavy atom. The van der Waals surface area contributed by atoms with Crippen LogP contribution in [0.1, 0.15) is 5.69 Å². The first kappa shape index (κ1) is 10.9. The van der Waals surface area contributed by atoms with Crippen LogP contribution in [-0.4, -0.2) is 39.1 Å². The fourth-order valence-electron chi connectivity index (χ4n) is 1.95. The Kier molecular flexibility index (Phi) is 2.76. The summed E-state index contributed by atoms with van der Waals surface area (Å²) in [5, 5.41) is 3.38. The standard InChI is InChI=1S/C12H14N6/c1-9-4-11(16-8-15-9)17-10-6-18(7-10)12-5-13-2-3-14-12/h2-5,8,10H,6-7H2,1H3,(H,15,16,17). The largest absolute Gasteiger partial charge is 0.364 e. The molecule has 2 aromatic rings. The van der Waals surface area contributed by atoms with Gasteiger partial charge < -0.3 is 10.2 Å². The van der Waals surface area contributed by atoms with Gasteiger partial charge in [-0.25, -0.2) is 15.0 Å². The van der Waals surface area contributed by atoms with Crippen molar-refractivity contribution in [2.45, 2.75) is 13.0 Å². The minimum absolute atomic E-state index is 0.404. The van der Waals surface area contributed by atoms with Gasteiger partial charge in [0.15, 0.2) is 0 Å². The molecule has 1 N–H and O–H groups in total. The van der Waals surface area contributed by atoms with E-state index in [1.54, 1.807) is 24.9 Å². The summed E-state index contributed by atoms with van der Waals surface area (Å²) in [5.74, 6) is 1.81. The van der Waals surface area contributed by atoms with Crippen LogP contribution in [-0.2, 0) is 0 Å². The number of hydrogen-bond acceptors (Lipinski definition) is 6. The number of nitrogens with one attached hydrogen (secondary N) is 1. The van der Waals surface area contributed by atoms with E-state index in [0.29, 0.717) is 6.04 Å². The molecule has 3 rings (SSSR count). The third-order valence-corrected chi connectivity index (χ3v) is 2.91. The number of rotatable bonds is 3. The van der Waals surface area contributed by atoms with Crippen LogP contribution >= 0.6 is 0 Å². The molecule has 0 saturated carbocycles. The second-order valence-corrected chi connectivity index (χ2v) is 4.35. The lowest BCUT2D eigenvalue weighted by molar-refractivity contribution is 0.542. The van der Waals surface area contributed by atoms with E-state index in [2.05, 4.69) is 30.2 Å². The number of anilines is 2. The first-order valence-electron chi connectivity index (χ1n) is 5.87. The molecule has 2 aromatic heterocycles. The van der Waals surface area contributed by atoms with Gasteiger partial charge in [0.25, 0.3) is 0 Å². The van der Waals surface area contributed by atoms with Crippen molar-refractivity contribution in [1.29, 1.82) is 0 Å². The number of aromatic nitrogens is 4. The molecule has 0 atom stereocenters. The lowest BCUT2D eigenvalue weighted by Crippen LogP contribution is -2.55. The Labute approximate surface area is 105 Å². The summed E-state index contributed by atoms with van der Waals surface area (Å²) in [6.45, 7) is 3.79. The molecule has 18 heavy (non-hydrogen) atoms. The second-order valence-electron chi connectivity index (χ2n) is 4.35. The van der Waals surface area contributed by atoms with Gasteiger partial charge >= 0.3 is 0 Å². The highest BCUT2D eigenvalue weighted by Gasteiger charge is 2.27. The molecule has 1 saturated heterocycles. The summed E-state index contributed by atoms with van der Waals surface area (Å²) >= 11 is 0. The van der Waals surface area contributed by atoms with Gasteiger partial charge in [0, 0.05) is 37.2 Å². The van der Waals surface area contributed by atoms with Crippen LogP contribution in [0.4, 0.5) is 11.6 Å². The van der Waals surface area contributed by atoms with Gasteiger partial charge in [-0.05, 0) is 6.92 Å². The summed E-state index contributed by atoms with van der Waals surface area (Å²) < 4.78 is 0. The van der Waals surface area contributed by atoms with Crippen molar-refractivity contribution in [2.75, 3.05) is 23.3 Å². The summed E-state index contributed by atoms with van der Waals surface area (Å²) in [4.78, 5) is 18.8. The molecule has 92 valence electrons. The van der Waals surface area contributed by atoms with Crippen molar-refractivity contribution in [3.05, 3.63) is 36.7 Å². The molecule has 0 aromatic carbocycles. The third-order valence-electron chi connectivity index (χ3n) is 2.91. The summed E-state index contributed by atoms with van der Waals surface area (Å²) in [5.41, 5.74) is 0.970. The van der Waals surface area contributed by atoms with Crippen LogP contribution < -0.4 is 10.2 Å². The minimum Gasteiger partial charge on any atom is -0.364 e. The Hall–Kier alpha value is -2.24. The molecule has 0 bridgehead atoms. The third kappa shape index (κ3) is 2.22. The van der Waals surface area contributed by atoms with Crippen molar-refractivity contribution in [3.8, 4) is 0 Å². The topological polar surface area (TPSA) is 66.8 Å². The Morgan fingerprint density at radius 2 is 2.11 bits per heavy atom. The van der Waals surface area contributed by atoms with Crippen LogP contribution in [0.2, 0.25) is 0 Å². The van der Waals surface area contributed by atoms with Gasteiger partial charge in [0.1, 0.15) is 18.0 Å². The van der Waals surface area contributed by atoms with E-state index in [0.717, 1.165) is 30.4 Å². The van der Waals surface area contributed by atoms with Gasteiger partial charge in [0.2, 0.25) is 0 Å². The Morgan fingerprint density at radius 1 is 1.22 bits per heavy atom. The van der Waals surface area contributed by atoms with Crippen molar-refractivity contribution in [3.63, 3.8) is 0 Å². The maximum atomic E-state index is 4.27. The highest BCUT2D eigenvalue weighted by Crippen LogP contribution is 2.19. The van der Waals surface area contributed by atoms with Gasteiger partial charge in [-0.15, -0.1) is 0 Å². The normalized spacial score (nSPS) is 15.3. The zero-order valence-corrected chi connectivity index (χ0v) is 10.1. The van der Waals surface area contributed by atoms with Crippen molar-refractivity contribution in [2.24, 2.45) is 0 Å². The van der Waals surface area contributed by atoms with Crippen molar-refractivity contribution in [1.82, 2.24) is 19.9 Å². The molecule has 0 amide bonds. The molecular formula is C12H14N6. The molecule has 1 aliphatic rings. The fourth-order valence-corrected chi connectivity index (χ4v) is 1.95. The molecule has 0 spiro atoms. The monoisotopic (exact) mass is 242 g/mol. The van der Waals surface area contributed by atoms with Crippen LogP contribution in [0.15, 0.2) is 31.0 Å². The summed E-state index contributed by atoms with van der Waals surface area (Å²) in [6, 6.07) is 2.35. The lowest BCUT2D eigenvalue weighted by Gasteiger charge is -2.40. The summed E-state index contributed by atoms with van der Waals surface area (Å²) in [7, 11) is 0. The Balaban J connectivity index is 1.57. The van der Waals surface area contributed by atoms with Gasteiger partial charge in [0.05, 0.1) is 12.2 Å². The predicted octanol–water partition coefficient (Wildman–Crippen LogP) is 0.876. The molecule has 3 heterocycles. The molecule has 1 fully saturated rings. The summed E-state index contributed by atoms with van der Waals surface area (Å²) in [6.07, 6.45) is 6.76. The maximum absolute atomic E-state index is 4.27. The second kappa shape index (κ2) is 4.56. The highest BCUT2D eigenvalue weighted by molar-refractivity contribution is 5.45. The van der Waals surface area contributed by atoms with E-state index in [4.69, 9.17) is 0 Å². The van der Waals surface area contributed by atoms with Crippen LogP contribution in [0, 0.1) is 6.92 Å². The number of hydrogen-bond donors (Lipinski definition) is 1. The maximum Gasteiger partial charge on any atom is 0.147 e. The predicted molar refractivity (Wildman–Crippen MR) is 68.4 cm³/mol. The average Bonchev–Trinajstić information content (AvgIpc) is 2.34. The molecule has 6 nitrogen and oxygen atoms in total. The van der Waals surface area contributed by atoms with Gasteiger partial charge in [-0.1, -0.05) is 0 Å². The van der Waals surface area contributed by atoms with Crippen molar-refractivity contribution >= 4 is 11.6 Å². The van der Waals surface area contributed by atoms with E-state index >= 15 is 0 Å². The van der Waals surface area contributed by atoms with E-state index in [1.807, 2.05) is 13.0 Å². The zero-order chi connectivity index (χ0) is 12.4. The van der Waals surface area contributed by atoms with E-state index < -0.39 is 0 Å². The van der Waals surface area contributed by atoms with E-state index in [-0.39, 0.29) is 0 Å². The quantitative estimate of drug-likeness (QED) is 0.861. The minimum atomic E-state index is 0.404. The molecule has 6 heteroatoms. The molecule has 1 aliphatic heterocycles. The van der Waals surface area contributed by atoms with E-state index in [1.165, 1.54) is 0 Å². The molecule has 0 unspecified atom stereocenters. The van der Waals surface area contributed by atoms with Crippen LogP contribution in [0.3, 0.4) is 0 Å². The van der Waals surface area contributed by atoms with Gasteiger partial charge in [-0.3, -0.25) is 4.98 Å².